The molecule has 1 aliphatic heterocycles. The van der Waals surface area contributed by atoms with Crippen molar-refractivity contribution in [3.63, 3.8) is 0 Å². The van der Waals surface area contributed by atoms with Crippen LogP contribution in [0.5, 0.6) is 0 Å². The number of piperidine rings is 1. The number of halogens is 1. The molecule has 2 atom stereocenters. The Labute approximate surface area is 121 Å². The van der Waals surface area contributed by atoms with Crippen molar-refractivity contribution in [2.75, 3.05) is 13.6 Å². The van der Waals surface area contributed by atoms with E-state index >= 15 is 0 Å². The number of thiophene rings is 1. The second kappa shape index (κ2) is 5.58. The van der Waals surface area contributed by atoms with Crippen molar-refractivity contribution < 1.29 is 8.42 Å². The molecule has 1 aliphatic rings. The molecule has 2 unspecified atom stereocenters. The number of rotatable bonds is 3. The highest BCUT2D eigenvalue weighted by Crippen LogP contribution is 2.28. The van der Waals surface area contributed by atoms with Crippen LogP contribution in [0.15, 0.2) is 20.1 Å². The van der Waals surface area contributed by atoms with Crippen molar-refractivity contribution in [2.24, 2.45) is 0 Å². The van der Waals surface area contributed by atoms with Gasteiger partial charge in [-0.05, 0) is 60.7 Å². The summed E-state index contributed by atoms with van der Waals surface area (Å²) < 4.78 is 28.3. The standard InChI is InChI=1S/C11H17BrN2O2S2/c1-8-7-9(3-5-14(8)2)13-18(15,16)11-10(12)4-6-17-11/h4,6,8-9,13H,3,5,7H2,1-2H3. The molecular formula is C11H17BrN2O2S2. The van der Waals surface area contributed by atoms with Gasteiger partial charge in [-0.2, -0.15) is 0 Å². The van der Waals surface area contributed by atoms with Gasteiger partial charge in [0.1, 0.15) is 4.21 Å². The second-order valence-corrected chi connectivity index (χ2v) is 8.41. The molecule has 0 aliphatic carbocycles. The van der Waals surface area contributed by atoms with Crippen LogP contribution in [-0.4, -0.2) is 39.0 Å². The quantitative estimate of drug-likeness (QED) is 0.907. The third-order valence-electron chi connectivity index (χ3n) is 3.36. The van der Waals surface area contributed by atoms with Gasteiger partial charge < -0.3 is 4.90 Å². The molecule has 102 valence electrons. The van der Waals surface area contributed by atoms with E-state index in [4.69, 9.17) is 0 Å². The zero-order valence-corrected chi connectivity index (χ0v) is 13.6. The molecule has 0 amide bonds. The Morgan fingerprint density at radius 1 is 1.56 bits per heavy atom. The van der Waals surface area contributed by atoms with Crippen LogP contribution in [-0.2, 0) is 10.0 Å². The monoisotopic (exact) mass is 352 g/mol. The van der Waals surface area contributed by atoms with E-state index in [9.17, 15) is 8.42 Å². The lowest BCUT2D eigenvalue weighted by molar-refractivity contribution is 0.178. The summed E-state index contributed by atoms with van der Waals surface area (Å²) in [5.41, 5.74) is 0. The minimum absolute atomic E-state index is 0.0372. The molecule has 18 heavy (non-hydrogen) atoms. The van der Waals surface area contributed by atoms with E-state index in [-0.39, 0.29) is 6.04 Å². The molecule has 2 heterocycles. The first-order valence-electron chi connectivity index (χ1n) is 5.85. The molecule has 7 heteroatoms. The predicted molar refractivity (Wildman–Crippen MR) is 77.5 cm³/mol. The zero-order valence-electron chi connectivity index (χ0n) is 10.4. The van der Waals surface area contributed by atoms with E-state index in [0.717, 1.165) is 19.4 Å². The van der Waals surface area contributed by atoms with Crippen molar-refractivity contribution in [3.8, 4) is 0 Å². The number of hydrogen-bond donors (Lipinski definition) is 1. The van der Waals surface area contributed by atoms with Crippen LogP contribution < -0.4 is 4.72 Å². The Kier molecular flexibility index (Phi) is 4.48. The summed E-state index contributed by atoms with van der Waals surface area (Å²) in [6.07, 6.45) is 1.72. The average molecular weight is 353 g/mol. The van der Waals surface area contributed by atoms with Crippen LogP contribution in [0, 0.1) is 0 Å². The predicted octanol–water partition coefficient (Wildman–Crippen LogP) is 2.27. The minimum atomic E-state index is -3.39. The fourth-order valence-electron chi connectivity index (χ4n) is 2.14. The zero-order chi connectivity index (χ0) is 13.3. The number of likely N-dealkylation sites (tertiary alicyclic amines) is 1. The summed E-state index contributed by atoms with van der Waals surface area (Å²) >= 11 is 4.51. The van der Waals surface area contributed by atoms with Crippen LogP contribution in [0.2, 0.25) is 0 Å². The molecule has 0 bridgehead atoms. The van der Waals surface area contributed by atoms with Crippen LogP contribution >= 0.6 is 27.3 Å². The van der Waals surface area contributed by atoms with Crippen LogP contribution in [0.3, 0.4) is 0 Å². The third-order valence-corrected chi connectivity index (χ3v) is 7.55. The molecule has 0 radical (unpaired) electrons. The highest BCUT2D eigenvalue weighted by Gasteiger charge is 2.28. The SMILES string of the molecule is CC1CC(NS(=O)(=O)c2sccc2Br)CCN1C. The van der Waals surface area contributed by atoms with Crippen LogP contribution in [0.1, 0.15) is 19.8 Å². The lowest BCUT2D eigenvalue weighted by atomic mass is 10.0. The molecule has 0 saturated carbocycles. The maximum Gasteiger partial charge on any atom is 0.251 e. The maximum atomic E-state index is 12.2. The van der Waals surface area contributed by atoms with Gasteiger partial charge >= 0.3 is 0 Å². The van der Waals surface area contributed by atoms with E-state index < -0.39 is 10.0 Å². The summed E-state index contributed by atoms with van der Waals surface area (Å²) in [6, 6.07) is 2.21. The Hall–Kier alpha value is 0.0500. The van der Waals surface area contributed by atoms with Gasteiger partial charge in [0.05, 0.1) is 0 Å². The normalized spacial score (nSPS) is 26.4. The van der Waals surface area contributed by atoms with E-state index in [1.165, 1.54) is 11.3 Å². The molecule has 1 saturated heterocycles. The Bertz CT molecular complexity index is 515. The molecule has 1 fully saturated rings. The van der Waals surface area contributed by atoms with Gasteiger partial charge in [0, 0.05) is 16.6 Å². The van der Waals surface area contributed by atoms with E-state index in [0.29, 0.717) is 14.7 Å². The second-order valence-electron chi connectivity index (χ2n) is 4.73. The summed E-state index contributed by atoms with van der Waals surface area (Å²) in [6.45, 7) is 3.06. The van der Waals surface area contributed by atoms with Crippen molar-refractivity contribution in [2.45, 2.75) is 36.1 Å². The van der Waals surface area contributed by atoms with Gasteiger partial charge in [-0.15, -0.1) is 11.3 Å². The van der Waals surface area contributed by atoms with Gasteiger partial charge in [-0.3, -0.25) is 0 Å². The summed E-state index contributed by atoms with van der Waals surface area (Å²) in [4.78, 5) is 2.26. The van der Waals surface area contributed by atoms with E-state index in [1.54, 1.807) is 11.4 Å². The Morgan fingerprint density at radius 3 is 2.83 bits per heavy atom. The van der Waals surface area contributed by atoms with Crippen molar-refractivity contribution >= 4 is 37.3 Å². The first-order valence-corrected chi connectivity index (χ1v) is 9.01. The van der Waals surface area contributed by atoms with Gasteiger partial charge in [0.25, 0.3) is 10.0 Å². The smallest absolute Gasteiger partial charge is 0.251 e. The van der Waals surface area contributed by atoms with Crippen molar-refractivity contribution in [3.05, 3.63) is 15.9 Å². The van der Waals surface area contributed by atoms with Crippen LogP contribution in [0.25, 0.3) is 0 Å². The van der Waals surface area contributed by atoms with Gasteiger partial charge in [-0.25, -0.2) is 13.1 Å². The number of nitrogens with zero attached hydrogens (tertiary/aromatic N) is 1. The van der Waals surface area contributed by atoms with Gasteiger partial charge in [0.2, 0.25) is 0 Å². The number of sulfonamides is 1. The van der Waals surface area contributed by atoms with Crippen LogP contribution in [0.4, 0.5) is 0 Å². The average Bonchev–Trinajstić information content (AvgIpc) is 2.70. The Balaban J connectivity index is 2.08. The first kappa shape index (κ1) is 14.5. The summed E-state index contributed by atoms with van der Waals surface area (Å²) in [7, 11) is -1.31. The fraction of sp³-hybridized carbons (Fsp3) is 0.636. The molecule has 1 aromatic rings. The number of nitrogens with one attached hydrogen (secondary N) is 1. The molecule has 4 nitrogen and oxygen atoms in total. The topological polar surface area (TPSA) is 49.4 Å². The molecular weight excluding hydrogens is 336 g/mol. The van der Waals surface area contributed by atoms with Crippen molar-refractivity contribution in [1.82, 2.24) is 9.62 Å². The molecule has 0 aromatic carbocycles. The maximum absolute atomic E-state index is 12.2. The highest BCUT2D eigenvalue weighted by atomic mass is 79.9. The minimum Gasteiger partial charge on any atom is -0.304 e. The van der Waals surface area contributed by atoms with Gasteiger partial charge in [0.15, 0.2) is 0 Å². The first-order chi connectivity index (χ1) is 8.40. The van der Waals surface area contributed by atoms with Gasteiger partial charge in [-0.1, -0.05) is 0 Å². The third kappa shape index (κ3) is 3.14. The molecule has 0 spiro atoms. The molecule has 1 aromatic heterocycles. The summed E-state index contributed by atoms with van der Waals surface area (Å²) in [5, 5.41) is 1.77. The Morgan fingerprint density at radius 2 is 2.28 bits per heavy atom. The highest BCUT2D eigenvalue weighted by molar-refractivity contribution is 9.10. The summed E-state index contributed by atoms with van der Waals surface area (Å²) in [5.74, 6) is 0. The van der Waals surface area contributed by atoms with E-state index in [2.05, 4.69) is 39.5 Å². The molecule has 2 rings (SSSR count). The number of hydrogen-bond acceptors (Lipinski definition) is 4. The fourth-order valence-corrected chi connectivity index (χ4v) is 5.78. The largest absolute Gasteiger partial charge is 0.304 e. The van der Waals surface area contributed by atoms with E-state index in [1.807, 2.05) is 0 Å². The van der Waals surface area contributed by atoms with Crippen molar-refractivity contribution in [1.29, 1.82) is 0 Å². The molecule has 1 N–H and O–H groups in total. The lowest BCUT2D eigenvalue weighted by Gasteiger charge is -2.35. The lowest BCUT2D eigenvalue weighted by Crippen LogP contribution is -2.47.